The van der Waals surface area contributed by atoms with Crippen molar-refractivity contribution in [2.75, 3.05) is 9.80 Å². The van der Waals surface area contributed by atoms with Crippen LogP contribution in [0.1, 0.15) is 48.6 Å². The van der Waals surface area contributed by atoms with E-state index in [2.05, 4.69) is 332 Å². The van der Waals surface area contributed by atoms with E-state index in [0.717, 1.165) is 11.4 Å². The largest absolute Gasteiger partial charge is 0.311 e. The highest BCUT2D eigenvalue weighted by atomic mass is 15.2. The van der Waals surface area contributed by atoms with Gasteiger partial charge in [0.2, 0.25) is 0 Å². The molecule has 13 aromatic carbocycles. The van der Waals surface area contributed by atoms with E-state index in [1.807, 2.05) is 0 Å². The minimum atomic E-state index is -0.652. The fourth-order valence-corrected chi connectivity index (χ4v) is 15.9. The number of rotatable bonds is 6. The topological polar surface area (TPSA) is 11.4 Å². The van der Waals surface area contributed by atoms with Gasteiger partial charge >= 0.3 is 0 Å². The number of hydrogen-bond donors (Lipinski definition) is 0. The molecule has 0 N–H and O–H groups in total. The van der Waals surface area contributed by atoms with Gasteiger partial charge in [0, 0.05) is 55.9 Å². The zero-order chi connectivity index (χ0) is 57.7. The van der Waals surface area contributed by atoms with E-state index in [4.69, 9.17) is 0 Å². The van der Waals surface area contributed by atoms with E-state index in [1.54, 1.807) is 0 Å². The first-order valence-electron chi connectivity index (χ1n) is 30.6. The van der Waals surface area contributed by atoms with Crippen LogP contribution in [-0.2, 0) is 10.8 Å². The molecular weight excluding hydrogens is 1050 g/mol. The minimum absolute atomic E-state index is 0.130. The van der Waals surface area contributed by atoms with Crippen molar-refractivity contribution >= 4 is 79.0 Å². The molecule has 0 saturated heterocycles. The lowest BCUT2D eigenvalue weighted by molar-refractivity contribution is 0.590. The average Bonchev–Trinajstić information content (AvgIpc) is 1.62. The summed E-state index contributed by atoms with van der Waals surface area (Å²) in [4.78, 5) is 5.33. The smallest absolute Gasteiger partial charge is 0.252 e. The van der Waals surface area contributed by atoms with Gasteiger partial charge in [0.05, 0.1) is 27.8 Å². The number of hydrogen-bond acceptors (Lipinski definition) is 2. The summed E-state index contributed by atoms with van der Waals surface area (Å²) in [6.07, 6.45) is 0. The fraction of sp³-hybridized carbons (Fsp3) is 0.0602. The molecule has 0 amide bonds. The van der Waals surface area contributed by atoms with Crippen molar-refractivity contribution in [3.63, 3.8) is 0 Å². The Morgan fingerprint density at radius 2 is 0.782 bits per heavy atom. The van der Waals surface area contributed by atoms with Crippen LogP contribution >= 0.6 is 0 Å². The van der Waals surface area contributed by atoms with Crippen molar-refractivity contribution in [2.24, 2.45) is 0 Å². The van der Waals surface area contributed by atoms with E-state index in [1.165, 1.54) is 150 Å². The molecule has 0 bridgehead atoms. The quantitative estimate of drug-likeness (QED) is 0.154. The number of benzene rings is 13. The van der Waals surface area contributed by atoms with E-state index in [0.29, 0.717) is 0 Å². The number of fused-ring (bicyclic) bond motifs is 17. The van der Waals surface area contributed by atoms with Gasteiger partial charge in [-0.25, -0.2) is 0 Å². The Labute approximate surface area is 508 Å². The van der Waals surface area contributed by atoms with Gasteiger partial charge in [-0.05, 0) is 143 Å². The second-order valence-corrected chi connectivity index (χ2v) is 25.1. The van der Waals surface area contributed by atoms with Crippen LogP contribution < -0.4 is 26.2 Å². The Hall–Kier alpha value is -10.7. The van der Waals surface area contributed by atoms with E-state index < -0.39 is 5.41 Å². The summed E-state index contributed by atoms with van der Waals surface area (Å²) in [5, 5.41) is 2.52. The van der Waals surface area contributed by atoms with Crippen LogP contribution in [0.3, 0.4) is 0 Å². The molecule has 0 radical (unpaired) electrons. The van der Waals surface area contributed by atoms with E-state index in [-0.39, 0.29) is 12.1 Å². The van der Waals surface area contributed by atoms with Crippen molar-refractivity contribution in [3.05, 3.63) is 325 Å². The Balaban J connectivity index is 0.969. The molecule has 1 atom stereocenters. The summed E-state index contributed by atoms with van der Waals surface area (Å²) in [5.41, 5.74) is 32.3. The average molecular weight is 1110 g/mol. The van der Waals surface area contributed by atoms with Gasteiger partial charge < -0.3 is 14.4 Å². The lowest BCUT2D eigenvalue weighted by atomic mass is 9.33. The van der Waals surface area contributed by atoms with Gasteiger partial charge in [0.1, 0.15) is 0 Å². The fourth-order valence-electron chi connectivity index (χ4n) is 15.9. The van der Waals surface area contributed by atoms with Crippen LogP contribution in [-0.4, -0.2) is 11.3 Å². The highest BCUT2D eigenvalue weighted by Gasteiger charge is 2.54. The molecule has 0 saturated carbocycles. The summed E-state index contributed by atoms with van der Waals surface area (Å²) in [6, 6.07) is 112. The minimum Gasteiger partial charge on any atom is -0.311 e. The molecular formula is C83H58BN3. The molecule has 0 fully saturated rings. The van der Waals surface area contributed by atoms with Crippen molar-refractivity contribution in [3.8, 4) is 61.3 Å². The zero-order valence-corrected chi connectivity index (χ0v) is 48.7. The number of para-hydroxylation sites is 5. The molecule has 2 aliphatic carbocycles. The molecule has 4 heteroatoms. The third kappa shape index (κ3) is 7.01. The van der Waals surface area contributed by atoms with Crippen LogP contribution in [0.15, 0.2) is 297 Å². The Bertz CT molecular complexity index is 5060. The number of nitrogens with zero attached hydrogens (tertiary/aromatic N) is 3. The van der Waals surface area contributed by atoms with Crippen LogP contribution in [0.4, 0.5) is 34.1 Å². The molecule has 408 valence electrons. The maximum atomic E-state index is 2.68. The standard InChI is InChI=1S/C83H58BN3/c1-82(2,3)56-48-78-80-79(49-56)87(81-59(54-28-9-5-10-29-54)37-25-38-60(81)55-30-11-6-12-31-55)76-45-24-20-41-71(76)84(80)72-51-66-62-34-14-19-40-68(62)83(70(66)52-77(72)86(78)73-42-21-15-32-58(73)53-26-7-4-8-27-53)67-39-18-13-33-61(67)63-47-46-57(50-69(63)83)85-74-43-22-16-35-64(74)65-36-17-23-44-75(65)85/h4-52H,1-3H3. The molecule has 18 rings (SSSR count). The summed E-state index contributed by atoms with van der Waals surface area (Å²) in [5.74, 6) is 0. The second kappa shape index (κ2) is 18.7. The van der Waals surface area contributed by atoms with Gasteiger partial charge in [-0.15, -0.1) is 0 Å². The maximum Gasteiger partial charge on any atom is 0.252 e. The van der Waals surface area contributed by atoms with Gasteiger partial charge in [0.25, 0.3) is 6.71 Å². The van der Waals surface area contributed by atoms with Crippen molar-refractivity contribution in [1.29, 1.82) is 0 Å². The van der Waals surface area contributed by atoms with Gasteiger partial charge in [-0.1, -0.05) is 263 Å². The molecule has 2 aliphatic heterocycles. The third-order valence-corrected chi connectivity index (χ3v) is 19.5. The molecule has 3 heterocycles. The molecule has 3 nitrogen and oxygen atoms in total. The van der Waals surface area contributed by atoms with Crippen molar-refractivity contribution in [2.45, 2.75) is 31.6 Å². The molecule has 1 spiro atoms. The van der Waals surface area contributed by atoms with Gasteiger partial charge in [-0.2, -0.15) is 0 Å². The predicted octanol–water partition coefficient (Wildman–Crippen LogP) is 19.5. The highest BCUT2D eigenvalue weighted by Crippen LogP contribution is 2.64. The number of anilines is 6. The monoisotopic (exact) mass is 1110 g/mol. The predicted molar refractivity (Wildman–Crippen MR) is 366 cm³/mol. The van der Waals surface area contributed by atoms with Crippen LogP contribution in [0.25, 0.3) is 83.1 Å². The summed E-state index contributed by atoms with van der Waals surface area (Å²) in [6.45, 7) is 7.00. The first-order valence-corrected chi connectivity index (χ1v) is 30.6. The van der Waals surface area contributed by atoms with E-state index in [9.17, 15) is 0 Å². The SMILES string of the molecule is CC(C)(C)c1cc2c3c(c1)N(c1c(-c4ccccc4)cccc1-c1ccccc1)c1ccccc1B3c1cc3c(cc1N2c1ccccc1-c1ccccc1)C1(c2ccccc2-c2ccc(-n4c5ccccc5c5ccccc54)cc21)c1ccccc1-3. The maximum absolute atomic E-state index is 2.68. The Morgan fingerprint density at radius 3 is 1.40 bits per heavy atom. The lowest BCUT2D eigenvalue weighted by Crippen LogP contribution is -2.61. The van der Waals surface area contributed by atoms with Crippen molar-refractivity contribution in [1.82, 2.24) is 4.57 Å². The molecule has 14 aromatic rings. The van der Waals surface area contributed by atoms with Crippen LogP contribution in [0, 0.1) is 0 Å². The Kier molecular flexibility index (Phi) is 10.7. The van der Waals surface area contributed by atoms with E-state index >= 15 is 0 Å². The Morgan fingerprint density at radius 1 is 0.310 bits per heavy atom. The van der Waals surface area contributed by atoms with Crippen LogP contribution in [0.2, 0.25) is 0 Å². The van der Waals surface area contributed by atoms with Gasteiger partial charge in [0.15, 0.2) is 0 Å². The van der Waals surface area contributed by atoms with Gasteiger partial charge in [-0.3, -0.25) is 0 Å². The first kappa shape index (κ1) is 49.7. The first-order chi connectivity index (χ1) is 42.8. The summed E-state index contributed by atoms with van der Waals surface area (Å²) >= 11 is 0. The summed E-state index contributed by atoms with van der Waals surface area (Å²) in [7, 11) is 0. The lowest BCUT2D eigenvalue weighted by Gasteiger charge is -2.46. The number of aromatic nitrogens is 1. The normalized spacial score (nSPS) is 14.8. The molecule has 1 unspecified atom stereocenters. The molecule has 4 aliphatic rings. The molecule has 1 aromatic heterocycles. The summed E-state index contributed by atoms with van der Waals surface area (Å²) < 4.78 is 2.49. The van der Waals surface area contributed by atoms with Crippen molar-refractivity contribution < 1.29 is 0 Å². The van der Waals surface area contributed by atoms with Crippen LogP contribution in [0.5, 0.6) is 0 Å². The second-order valence-electron chi connectivity index (χ2n) is 25.1. The molecule has 87 heavy (non-hydrogen) atoms. The highest BCUT2D eigenvalue weighted by molar-refractivity contribution is 7.00. The third-order valence-electron chi connectivity index (χ3n) is 19.5. The zero-order valence-electron chi connectivity index (χ0n) is 48.7.